The van der Waals surface area contributed by atoms with Crippen LogP contribution in [0.2, 0.25) is 0 Å². The van der Waals surface area contributed by atoms with Crippen molar-refractivity contribution in [2.75, 3.05) is 6.61 Å². The molecule has 2 aromatic heterocycles. The Hall–Kier alpha value is -1.97. The van der Waals surface area contributed by atoms with Gasteiger partial charge in [0.1, 0.15) is 30.3 Å². The van der Waals surface area contributed by atoms with Crippen LogP contribution in [0.1, 0.15) is 11.9 Å². The normalized spacial score (nSPS) is 25.8. The van der Waals surface area contributed by atoms with Crippen molar-refractivity contribution in [2.24, 2.45) is 0 Å². The number of rotatable bonds is 4. The maximum atomic E-state index is 10.4. The van der Waals surface area contributed by atoms with Gasteiger partial charge >= 0.3 is 0 Å². The third kappa shape index (κ3) is 2.89. The largest absolute Gasteiger partial charge is 0.394 e. The summed E-state index contributed by atoms with van der Waals surface area (Å²) in [7, 11) is 0. The highest BCUT2D eigenvalue weighted by Gasteiger charge is 2.44. The Morgan fingerprint density at radius 1 is 1.15 bits per heavy atom. The summed E-state index contributed by atoms with van der Waals surface area (Å²) in [5.41, 5.74) is 1.43. The van der Waals surface area contributed by atoms with Gasteiger partial charge in [-0.15, -0.1) is 0 Å². The lowest BCUT2D eigenvalue weighted by atomic mass is 10.1. The van der Waals surface area contributed by atoms with Crippen LogP contribution in [0.3, 0.4) is 0 Å². The van der Waals surface area contributed by atoms with E-state index in [1.807, 2.05) is 43.5 Å². The molecule has 136 valence electrons. The number of aliphatic hydroxyl groups is 3. The number of nitrogens with zero attached hydrogens (tertiary/aromatic N) is 3. The van der Waals surface area contributed by atoms with Gasteiger partial charge in [0, 0.05) is 16.0 Å². The lowest BCUT2D eigenvalue weighted by Crippen LogP contribution is -2.33. The number of aliphatic hydroxyl groups excluding tert-OH is 3. The molecule has 0 bridgehead atoms. The number of ether oxygens (including phenoxy) is 1. The molecule has 26 heavy (non-hydrogen) atoms. The molecule has 0 radical (unpaired) electrons. The minimum Gasteiger partial charge on any atom is -0.394 e. The maximum absolute atomic E-state index is 10.4. The van der Waals surface area contributed by atoms with Crippen LogP contribution < -0.4 is 0 Å². The molecule has 4 rings (SSSR count). The fourth-order valence-electron chi connectivity index (χ4n) is 3.19. The summed E-state index contributed by atoms with van der Waals surface area (Å²) < 4.78 is 7.38. The highest BCUT2D eigenvalue weighted by Crippen LogP contribution is 2.39. The molecule has 3 heterocycles. The van der Waals surface area contributed by atoms with E-state index in [9.17, 15) is 15.3 Å². The summed E-state index contributed by atoms with van der Waals surface area (Å²) >= 11 is 1.57. The Morgan fingerprint density at radius 3 is 2.62 bits per heavy atom. The molecule has 1 fully saturated rings. The van der Waals surface area contributed by atoms with E-state index in [-0.39, 0.29) is 6.61 Å². The number of aromatic nitrogens is 3. The summed E-state index contributed by atoms with van der Waals surface area (Å²) in [6.45, 7) is 1.54. The van der Waals surface area contributed by atoms with Crippen molar-refractivity contribution in [3.05, 3.63) is 48.5 Å². The zero-order valence-electron chi connectivity index (χ0n) is 14.1. The van der Waals surface area contributed by atoms with Crippen molar-refractivity contribution in [1.82, 2.24) is 14.5 Å². The first kappa shape index (κ1) is 17.4. The van der Waals surface area contributed by atoms with Gasteiger partial charge in [0.15, 0.2) is 6.23 Å². The molecular weight excluding hydrogens is 354 g/mol. The van der Waals surface area contributed by atoms with Crippen LogP contribution in [0, 0.1) is 6.92 Å². The summed E-state index contributed by atoms with van der Waals surface area (Å²) in [5.74, 6) is 0. The van der Waals surface area contributed by atoms with Gasteiger partial charge in [0.05, 0.1) is 17.7 Å². The van der Waals surface area contributed by atoms with Gasteiger partial charge in [-0.2, -0.15) is 0 Å². The lowest BCUT2D eigenvalue weighted by Gasteiger charge is -2.17. The van der Waals surface area contributed by atoms with Crippen molar-refractivity contribution < 1.29 is 20.1 Å². The molecular formula is C18H19N3O4S. The van der Waals surface area contributed by atoms with E-state index in [2.05, 4.69) is 9.97 Å². The molecule has 8 heteroatoms. The Kier molecular flexibility index (Phi) is 4.68. The van der Waals surface area contributed by atoms with Crippen LogP contribution in [-0.4, -0.2) is 54.8 Å². The lowest BCUT2D eigenvalue weighted by molar-refractivity contribution is -0.0510. The summed E-state index contributed by atoms with van der Waals surface area (Å²) in [6, 6.07) is 9.92. The van der Waals surface area contributed by atoms with Gasteiger partial charge in [-0.1, -0.05) is 30.0 Å². The Balaban J connectivity index is 1.80. The number of fused-ring (bicyclic) bond motifs is 1. The molecule has 3 N–H and O–H groups in total. The molecule has 0 unspecified atom stereocenters. The van der Waals surface area contributed by atoms with Crippen LogP contribution >= 0.6 is 11.8 Å². The molecule has 7 nitrogen and oxygen atoms in total. The minimum atomic E-state index is -1.16. The SMILES string of the molecule is Cc1ncnc2c1c(Sc1ccccc1)cn2[C@@H]1O[C@H](CO)[C@@H](O)[C@H]1O. The van der Waals surface area contributed by atoms with E-state index in [0.717, 1.165) is 20.9 Å². The van der Waals surface area contributed by atoms with Crippen molar-refractivity contribution in [1.29, 1.82) is 0 Å². The smallest absolute Gasteiger partial charge is 0.164 e. The molecule has 4 atom stereocenters. The zero-order valence-corrected chi connectivity index (χ0v) is 14.9. The van der Waals surface area contributed by atoms with Gasteiger partial charge in [0.25, 0.3) is 0 Å². The summed E-state index contributed by atoms with van der Waals surface area (Å²) in [6.07, 6.45) is -0.663. The number of hydrogen-bond acceptors (Lipinski definition) is 7. The second-order valence-corrected chi connectivity index (χ2v) is 7.32. The number of benzene rings is 1. The van der Waals surface area contributed by atoms with E-state index in [1.165, 1.54) is 6.33 Å². The molecule has 1 aliphatic rings. The Bertz CT molecular complexity index is 917. The summed E-state index contributed by atoms with van der Waals surface area (Å²) in [4.78, 5) is 10.6. The molecule has 3 aromatic rings. The van der Waals surface area contributed by atoms with Crippen LogP contribution in [0.5, 0.6) is 0 Å². The number of hydrogen-bond donors (Lipinski definition) is 3. The monoisotopic (exact) mass is 373 g/mol. The van der Waals surface area contributed by atoms with Crippen molar-refractivity contribution >= 4 is 22.8 Å². The van der Waals surface area contributed by atoms with Gasteiger partial charge in [-0.3, -0.25) is 0 Å². The highest BCUT2D eigenvalue weighted by atomic mass is 32.2. The van der Waals surface area contributed by atoms with Crippen LogP contribution in [-0.2, 0) is 4.74 Å². The molecule has 1 saturated heterocycles. The Morgan fingerprint density at radius 2 is 1.92 bits per heavy atom. The van der Waals surface area contributed by atoms with Crippen molar-refractivity contribution in [3.8, 4) is 0 Å². The van der Waals surface area contributed by atoms with E-state index >= 15 is 0 Å². The predicted octanol–water partition coefficient (Wildman–Crippen LogP) is 1.50. The minimum absolute atomic E-state index is 0.367. The topological polar surface area (TPSA) is 101 Å². The summed E-state index contributed by atoms with van der Waals surface area (Å²) in [5, 5.41) is 30.7. The first-order valence-electron chi connectivity index (χ1n) is 8.27. The van der Waals surface area contributed by atoms with E-state index in [4.69, 9.17) is 4.74 Å². The second-order valence-electron chi connectivity index (χ2n) is 6.20. The fraction of sp³-hybridized carbons (Fsp3) is 0.333. The molecule has 1 aliphatic heterocycles. The van der Waals surface area contributed by atoms with E-state index < -0.39 is 24.5 Å². The van der Waals surface area contributed by atoms with Gasteiger partial charge in [-0.25, -0.2) is 9.97 Å². The van der Waals surface area contributed by atoms with Gasteiger partial charge < -0.3 is 24.6 Å². The average Bonchev–Trinajstić information content (AvgIpc) is 3.15. The van der Waals surface area contributed by atoms with Crippen LogP contribution in [0.4, 0.5) is 0 Å². The van der Waals surface area contributed by atoms with Crippen LogP contribution in [0.15, 0.2) is 52.6 Å². The van der Waals surface area contributed by atoms with Gasteiger partial charge in [-0.05, 0) is 19.1 Å². The molecule has 0 spiro atoms. The first-order valence-corrected chi connectivity index (χ1v) is 9.09. The molecule has 0 amide bonds. The maximum Gasteiger partial charge on any atom is 0.164 e. The third-order valence-electron chi connectivity index (χ3n) is 4.53. The molecule has 0 saturated carbocycles. The average molecular weight is 373 g/mol. The standard InChI is InChI=1S/C18H19N3O4S/c1-10-14-13(26-11-5-3-2-4-6-11)7-21(17(14)20-9-19-10)18-16(24)15(23)12(8-22)25-18/h2-7,9,12,15-16,18,22-24H,8H2,1H3/t12-,15-,16-,18-/m1/s1. The Labute approximate surface area is 154 Å². The predicted molar refractivity (Wildman–Crippen MR) is 95.8 cm³/mol. The molecule has 1 aromatic carbocycles. The van der Waals surface area contributed by atoms with Crippen molar-refractivity contribution in [3.63, 3.8) is 0 Å². The quantitative estimate of drug-likeness (QED) is 0.637. The first-order chi connectivity index (χ1) is 12.6. The van der Waals surface area contributed by atoms with E-state index in [0.29, 0.717) is 5.65 Å². The van der Waals surface area contributed by atoms with Crippen LogP contribution in [0.25, 0.3) is 11.0 Å². The van der Waals surface area contributed by atoms with Gasteiger partial charge in [0.2, 0.25) is 0 Å². The van der Waals surface area contributed by atoms with Crippen molar-refractivity contribution in [2.45, 2.75) is 41.3 Å². The molecule has 0 aliphatic carbocycles. The highest BCUT2D eigenvalue weighted by molar-refractivity contribution is 7.99. The number of aryl methyl sites for hydroxylation is 1. The zero-order chi connectivity index (χ0) is 18.3. The third-order valence-corrected chi connectivity index (χ3v) is 5.56. The van der Waals surface area contributed by atoms with E-state index in [1.54, 1.807) is 16.3 Å². The fourth-order valence-corrected chi connectivity index (χ4v) is 4.25. The second kappa shape index (κ2) is 6.98.